The molecule has 1 aliphatic carbocycles. The highest BCUT2D eigenvalue weighted by Gasteiger charge is 2.30. The molecule has 3 fully saturated rings. The van der Waals surface area contributed by atoms with Gasteiger partial charge in [-0.15, -0.1) is 0 Å². The van der Waals surface area contributed by atoms with E-state index in [4.69, 9.17) is 10.7 Å². The predicted molar refractivity (Wildman–Crippen MR) is 127 cm³/mol. The van der Waals surface area contributed by atoms with Gasteiger partial charge in [0.15, 0.2) is 5.82 Å². The molecule has 1 aromatic carbocycles. The first-order valence-corrected chi connectivity index (χ1v) is 12.5. The fourth-order valence-corrected chi connectivity index (χ4v) is 6.00. The van der Waals surface area contributed by atoms with E-state index >= 15 is 0 Å². The number of rotatable bonds is 3. The van der Waals surface area contributed by atoms with Crippen molar-refractivity contribution < 1.29 is 0 Å². The van der Waals surface area contributed by atoms with E-state index in [9.17, 15) is 4.79 Å². The van der Waals surface area contributed by atoms with Gasteiger partial charge in [-0.3, -0.25) is 4.79 Å². The number of likely N-dealkylation sites (tertiary alicyclic amines) is 1. The van der Waals surface area contributed by atoms with Crippen LogP contribution in [0.1, 0.15) is 70.3 Å². The molecule has 0 spiro atoms. The Morgan fingerprint density at radius 1 is 0.839 bits per heavy atom. The highest BCUT2D eigenvalue weighted by molar-refractivity contribution is 5.76. The molecule has 5 rings (SSSR count). The quantitative estimate of drug-likeness (QED) is 0.816. The van der Waals surface area contributed by atoms with E-state index in [-0.39, 0.29) is 17.6 Å². The Hall–Kier alpha value is -1.92. The van der Waals surface area contributed by atoms with Crippen molar-refractivity contribution in [3.05, 3.63) is 34.6 Å². The van der Waals surface area contributed by atoms with Crippen LogP contribution in [0.4, 0.5) is 5.82 Å². The lowest BCUT2D eigenvalue weighted by atomic mass is 9.93. The van der Waals surface area contributed by atoms with Gasteiger partial charge >= 0.3 is 0 Å². The van der Waals surface area contributed by atoms with Crippen LogP contribution in [-0.2, 0) is 0 Å². The van der Waals surface area contributed by atoms with Crippen LogP contribution in [0, 0.1) is 0 Å². The number of hydrogen-bond acceptors (Lipinski definition) is 5. The molecule has 1 atom stereocenters. The lowest BCUT2D eigenvalue weighted by Crippen LogP contribution is -2.44. The molecule has 2 aromatic rings. The van der Waals surface area contributed by atoms with Crippen molar-refractivity contribution in [1.29, 1.82) is 0 Å². The van der Waals surface area contributed by atoms with E-state index in [1.54, 1.807) is 0 Å². The molecule has 6 nitrogen and oxygen atoms in total. The summed E-state index contributed by atoms with van der Waals surface area (Å²) < 4.78 is 2.07. The van der Waals surface area contributed by atoms with Crippen molar-refractivity contribution in [2.75, 3.05) is 31.1 Å². The van der Waals surface area contributed by atoms with E-state index < -0.39 is 0 Å². The maximum absolute atomic E-state index is 13.6. The Morgan fingerprint density at radius 2 is 1.55 bits per heavy atom. The summed E-state index contributed by atoms with van der Waals surface area (Å²) in [6.45, 7) is 3.74. The minimum absolute atomic E-state index is 0.0669. The summed E-state index contributed by atoms with van der Waals surface area (Å²) in [5.41, 5.74) is 8.09. The van der Waals surface area contributed by atoms with Crippen molar-refractivity contribution in [2.24, 2.45) is 5.73 Å². The second-order valence-corrected chi connectivity index (χ2v) is 9.86. The Balaban J connectivity index is 1.40. The van der Waals surface area contributed by atoms with E-state index in [1.807, 2.05) is 18.2 Å². The minimum atomic E-state index is 0.0669. The molecule has 168 valence electrons. The first-order valence-electron chi connectivity index (χ1n) is 12.5. The van der Waals surface area contributed by atoms with Gasteiger partial charge in [0.2, 0.25) is 0 Å². The fraction of sp³-hybridized carbons (Fsp3) is 0.680. The van der Waals surface area contributed by atoms with Crippen LogP contribution in [0.2, 0.25) is 0 Å². The molecule has 1 aromatic heterocycles. The molecule has 1 unspecified atom stereocenters. The third kappa shape index (κ3) is 4.37. The first kappa shape index (κ1) is 21.0. The van der Waals surface area contributed by atoms with Gasteiger partial charge in [-0.1, -0.05) is 44.2 Å². The van der Waals surface area contributed by atoms with Crippen LogP contribution in [0.25, 0.3) is 11.0 Å². The average molecular weight is 424 g/mol. The number of hydrogen-bond donors (Lipinski definition) is 1. The number of para-hydroxylation sites is 2. The van der Waals surface area contributed by atoms with Crippen molar-refractivity contribution in [3.63, 3.8) is 0 Å². The third-order valence-corrected chi connectivity index (χ3v) is 7.76. The Morgan fingerprint density at radius 3 is 2.26 bits per heavy atom. The van der Waals surface area contributed by atoms with E-state index in [1.165, 1.54) is 44.9 Å². The summed E-state index contributed by atoms with van der Waals surface area (Å²) in [7, 11) is 0. The molecule has 2 aliphatic heterocycles. The normalized spacial score (nSPS) is 25.1. The van der Waals surface area contributed by atoms with E-state index in [2.05, 4.69) is 20.4 Å². The topological polar surface area (TPSA) is 67.4 Å². The van der Waals surface area contributed by atoms with Gasteiger partial charge in [0.05, 0.1) is 11.0 Å². The number of fused-ring (bicyclic) bond motifs is 1. The maximum Gasteiger partial charge on any atom is 0.294 e. The van der Waals surface area contributed by atoms with Gasteiger partial charge in [0.25, 0.3) is 5.56 Å². The number of anilines is 1. The molecule has 0 radical (unpaired) electrons. The number of benzene rings is 1. The summed E-state index contributed by atoms with van der Waals surface area (Å²) in [5, 5.41) is 0. The summed E-state index contributed by atoms with van der Waals surface area (Å²) in [6, 6.07) is 9.26. The number of nitrogens with two attached hydrogens (primary N) is 1. The van der Waals surface area contributed by atoms with Crippen LogP contribution in [0.15, 0.2) is 29.1 Å². The predicted octanol–water partition coefficient (Wildman–Crippen LogP) is 3.68. The molecule has 31 heavy (non-hydrogen) atoms. The number of aromatic nitrogens is 2. The smallest absolute Gasteiger partial charge is 0.294 e. The molecule has 3 aliphatic rings. The van der Waals surface area contributed by atoms with Gasteiger partial charge in [0.1, 0.15) is 0 Å². The SMILES string of the molecule is NC1CCN(c2nc3ccccc3n(C3CCN(C4CCCCCCC4)CC3)c2=O)C1. The van der Waals surface area contributed by atoms with Crippen LogP contribution in [0.5, 0.6) is 0 Å². The lowest BCUT2D eigenvalue weighted by molar-refractivity contribution is 0.116. The minimum Gasteiger partial charge on any atom is -0.350 e. The monoisotopic (exact) mass is 423 g/mol. The summed E-state index contributed by atoms with van der Waals surface area (Å²) in [5.74, 6) is 0.592. The second-order valence-electron chi connectivity index (χ2n) is 9.86. The second kappa shape index (κ2) is 9.29. The zero-order chi connectivity index (χ0) is 21.2. The van der Waals surface area contributed by atoms with Crippen molar-refractivity contribution in [1.82, 2.24) is 14.5 Å². The van der Waals surface area contributed by atoms with Gasteiger partial charge in [-0.25, -0.2) is 4.98 Å². The van der Waals surface area contributed by atoms with Crippen LogP contribution < -0.4 is 16.2 Å². The number of nitrogens with zero attached hydrogens (tertiary/aromatic N) is 4. The van der Waals surface area contributed by atoms with Crippen molar-refractivity contribution in [2.45, 2.75) is 82.3 Å². The number of piperidine rings is 1. The summed E-state index contributed by atoms with van der Waals surface area (Å²) in [4.78, 5) is 23.2. The standard InChI is InChI=1S/C25H37N5O/c26-19-12-15-29(18-19)24-25(31)30(23-11-7-6-10-22(23)27-24)21-13-16-28(17-14-21)20-8-4-2-1-3-5-9-20/h6-7,10-11,19-21H,1-5,8-9,12-18,26H2. The van der Waals surface area contributed by atoms with Crippen molar-refractivity contribution >= 4 is 16.9 Å². The fourth-order valence-electron chi connectivity index (χ4n) is 6.00. The molecular weight excluding hydrogens is 386 g/mol. The molecule has 3 heterocycles. The Kier molecular flexibility index (Phi) is 6.28. The Labute approximate surface area is 185 Å². The molecule has 6 heteroatoms. The van der Waals surface area contributed by atoms with Crippen LogP contribution in [-0.4, -0.2) is 52.7 Å². The zero-order valence-corrected chi connectivity index (χ0v) is 18.7. The van der Waals surface area contributed by atoms with Crippen molar-refractivity contribution in [3.8, 4) is 0 Å². The molecule has 0 amide bonds. The lowest BCUT2D eigenvalue weighted by Gasteiger charge is -2.39. The van der Waals surface area contributed by atoms with E-state index in [0.29, 0.717) is 5.82 Å². The maximum atomic E-state index is 13.6. The van der Waals surface area contributed by atoms with Crippen LogP contribution >= 0.6 is 0 Å². The van der Waals surface area contributed by atoms with Gasteiger partial charge in [-0.05, 0) is 44.2 Å². The van der Waals surface area contributed by atoms with Gasteiger partial charge in [-0.2, -0.15) is 0 Å². The van der Waals surface area contributed by atoms with Crippen LogP contribution in [0.3, 0.4) is 0 Å². The molecule has 1 saturated carbocycles. The van der Waals surface area contributed by atoms with E-state index in [0.717, 1.165) is 62.5 Å². The third-order valence-electron chi connectivity index (χ3n) is 7.76. The highest BCUT2D eigenvalue weighted by atomic mass is 16.1. The average Bonchev–Trinajstić information content (AvgIpc) is 3.19. The zero-order valence-electron chi connectivity index (χ0n) is 18.7. The highest BCUT2D eigenvalue weighted by Crippen LogP contribution is 2.30. The van der Waals surface area contributed by atoms with Gasteiger partial charge < -0.3 is 20.1 Å². The Bertz CT molecular complexity index is 941. The summed E-state index contributed by atoms with van der Waals surface area (Å²) >= 11 is 0. The largest absolute Gasteiger partial charge is 0.350 e. The summed E-state index contributed by atoms with van der Waals surface area (Å²) in [6.07, 6.45) is 12.7. The first-order chi connectivity index (χ1) is 15.2. The molecule has 0 bridgehead atoms. The molecule has 2 N–H and O–H groups in total. The van der Waals surface area contributed by atoms with Gasteiger partial charge in [0, 0.05) is 44.3 Å². The molecular formula is C25H37N5O. The molecule has 2 saturated heterocycles.